The summed E-state index contributed by atoms with van der Waals surface area (Å²) in [6.45, 7) is 7.48. The molecular weight excluding hydrogens is 288 g/mol. The molecule has 4 heteroatoms. The van der Waals surface area contributed by atoms with E-state index in [1.54, 1.807) is 13.8 Å². The Hall–Kier alpha value is -2.33. The minimum Gasteiger partial charge on any atom is -0.487 e. The van der Waals surface area contributed by atoms with Gasteiger partial charge >= 0.3 is 0 Å². The first-order valence-electron chi connectivity index (χ1n) is 7.88. The van der Waals surface area contributed by atoms with Crippen molar-refractivity contribution in [2.45, 2.75) is 39.4 Å². The smallest absolute Gasteiger partial charge is 0.139 e. The summed E-state index contributed by atoms with van der Waals surface area (Å²) in [6.07, 6.45) is 1.85. The Morgan fingerprint density at radius 2 is 1.96 bits per heavy atom. The van der Waals surface area contributed by atoms with Gasteiger partial charge in [0.25, 0.3) is 0 Å². The third-order valence-electron chi connectivity index (χ3n) is 4.40. The lowest BCUT2D eigenvalue weighted by Gasteiger charge is -2.20. The highest BCUT2D eigenvalue weighted by Crippen LogP contribution is 2.38. The maximum absolute atomic E-state index is 10.5. The van der Waals surface area contributed by atoms with Gasteiger partial charge in [0.2, 0.25) is 0 Å². The quantitative estimate of drug-likeness (QED) is 0.728. The first kappa shape index (κ1) is 14.3. The van der Waals surface area contributed by atoms with E-state index in [0.29, 0.717) is 5.69 Å². The molecule has 0 spiro atoms. The minimum atomic E-state index is -0.998. The van der Waals surface area contributed by atoms with Gasteiger partial charge in [-0.25, -0.2) is 4.98 Å². The van der Waals surface area contributed by atoms with Gasteiger partial charge in [-0.15, -0.1) is 0 Å². The maximum Gasteiger partial charge on any atom is 0.139 e. The van der Waals surface area contributed by atoms with Gasteiger partial charge in [-0.05, 0) is 39.8 Å². The van der Waals surface area contributed by atoms with E-state index in [0.717, 1.165) is 33.3 Å². The lowest BCUT2D eigenvalue weighted by Crippen LogP contribution is -2.19. The molecule has 0 radical (unpaired) electrons. The van der Waals surface area contributed by atoms with Crippen LogP contribution in [0, 0.1) is 0 Å². The molecule has 1 aliphatic rings. The number of aromatic nitrogens is 2. The van der Waals surface area contributed by atoms with Crippen LogP contribution in [0.15, 0.2) is 36.1 Å². The van der Waals surface area contributed by atoms with E-state index in [-0.39, 0.29) is 6.10 Å². The largest absolute Gasteiger partial charge is 0.487 e. The molecule has 118 valence electrons. The molecule has 23 heavy (non-hydrogen) atoms. The number of rotatable bonds is 1. The molecular formula is C19H20N2O2. The Morgan fingerprint density at radius 3 is 2.70 bits per heavy atom. The van der Waals surface area contributed by atoms with E-state index in [9.17, 15) is 5.11 Å². The normalized spacial score (nSPS) is 18.0. The number of allylic oxidation sites excluding steroid dienone is 1. The van der Waals surface area contributed by atoms with Crippen molar-refractivity contribution in [1.82, 2.24) is 9.55 Å². The zero-order valence-electron chi connectivity index (χ0n) is 13.8. The van der Waals surface area contributed by atoms with Crippen LogP contribution in [0.25, 0.3) is 28.0 Å². The minimum absolute atomic E-state index is 0.165. The second-order valence-corrected chi connectivity index (χ2v) is 6.73. The van der Waals surface area contributed by atoms with Crippen molar-refractivity contribution in [2.75, 3.05) is 0 Å². The van der Waals surface area contributed by atoms with Crippen LogP contribution in [0.2, 0.25) is 0 Å². The van der Waals surface area contributed by atoms with E-state index in [1.807, 2.05) is 38.2 Å². The predicted octanol–water partition coefficient (Wildman–Crippen LogP) is 4.33. The molecule has 3 heterocycles. The van der Waals surface area contributed by atoms with Crippen LogP contribution < -0.4 is 0 Å². The van der Waals surface area contributed by atoms with Gasteiger partial charge in [-0.3, -0.25) is 0 Å². The van der Waals surface area contributed by atoms with Gasteiger partial charge in [-0.1, -0.05) is 18.2 Å². The first-order valence-corrected chi connectivity index (χ1v) is 7.88. The zero-order chi connectivity index (χ0) is 16.4. The fourth-order valence-electron chi connectivity index (χ4n) is 3.33. The summed E-state index contributed by atoms with van der Waals surface area (Å²) in [5, 5.41) is 12.7. The number of aliphatic hydroxyl groups is 1. The molecule has 0 aliphatic carbocycles. The van der Waals surface area contributed by atoms with Crippen molar-refractivity contribution >= 4 is 28.0 Å². The average Bonchev–Trinajstić information content (AvgIpc) is 2.72. The van der Waals surface area contributed by atoms with E-state index in [4.69, 9.17) is 9.72 Å². The Labute approximate surface area is 135 Å². The second kappa shape index (κ2) is 4.59. The van der Waals surface area contributed by atoms with Crippen LogP contribution in [0.1, 0.15) is 45.2 Å². The Balaban J connectivity index is 2.24. The Bertz CT molecular complexity index is 961. The summed E-state index contributed by atoms with van der Waals surface area (Å²) >= 11 is 0. The summed E-state index contributed by atoms with van der Waals surface area (Å²) in [6, 6.07) is 10.3. The fraction of sp³-hybridized carbons (Fsp3) is 0.316. The molecule has 0 saturated heterocycles. The number of para-hydroxylation sites is 1. The van der Waals surface area contributed by atoms with Crippen molar-refractivity contribution < 1.29 is 9.84 Å². The molecule has 1 atom stereocenters. The monoisotopic (exact) mass is 308 g/mol. The van der Waals surface area contributed by atoms with E-state index < -0.39 is 5.60 Å². The van der Waals surface area contributed by atoms with Gasteiger partial charge in [0, 0.05) is 17.0 Å². The number of nitrogens with zero attached hydrogens (tertiary/aromatic N) is 2. The molecule has 3 aromatic rings. The molecule has 1 N–H and O–H groups in total. The van der Waals surface area contributed by atoms with E-state index in [2.05, 4.69) is 16.7 Å². The highest BCUT2D eigenvalue weighted by molar-refractivity contribution is 6.10. The standard InChI is InChI=1S/C19H20N2O2/c1-11-10-21-15-8-6-5-7-13(15)14-9-16(19(3,4)22)20-17(18(14)21)12(2)23-11/h5-10,12,22H,1-4H3. The van der Waals surface area contributed by atoms with Crippen molar-refractivity contribution in [1.29, 1.82) is 0 Å². The summed E-state index contributed by atoms with van der Waals surface area (Å²) in [4.78, 5) is 4.74. The molecule has 1 aromatic carbocycles. The third kappa shape index (κ3) is 2.05. The Kier molecular flexibility index (Phi) is 2.85. The molecule has 0 amide bonds. The van der Waals surface area contributed by atoms with Crippen molar-refractivity contribution in [2.24, 2.45) is 0 Å². The molecule has 2 aromatic heterocycles. The molecule has 0 bridgehead atoms. The van der Waals surface area contributed by atoms with Crippen LogP contribution >= 0.6 is 0 Å². The summed E-state index contributed by atoms with van der Waals surface area (Å²) in [5.41, 5.74) is 2.71. The lowest BCUT2D eigenvalue weighted by molar-refractivity contribution is 0.0726. The van der Waals surface area contributed by atoms with Crippen LogP contribution in [0.3, 0.4) is 0 Å². The van der Waals surface area contributed by atoms with E-state index in [1.165, 1.54) is 0 Å². The summed E-state index contributed by atoms with van der Waals surface area (Å²) in [5.74, 6) is 0.850. The van der Waals surface area contributed by atoms with Crippen molar-refractivity contribution in [3.8, 4) is 0 Å². The van der Waals surface area contributed by atoms with Crippen LogP contribution in [-0.2, 0) is 10.3 Å². The highest BCUT2D eigenvalue weighted by Gasteiger charge is 2.27. The number of hydrogen-bond donors (Lipinski definition) is 1. The van der Waals surface area contributed by atoms with E-state index >= 15 is 0 Å². The third-order valence-corrected chi connectivity index (χ3v) is 4.40. The fourth-order valence-corrected chi connectivity index (χ4v) is 3.33. The predicted molar refractivity (Wildman–Crippen MR) is 91.9 cm³/mol. The molecule has 1 unspecified atom stereocenters. The topological polar surface area (TPSA) is 47.3 Å². The second-order valence-electron chi connectivity index (χ2n) is 6.73. The molecule has 1 aliphatic heterocycles. The number of hydrogen-bond acceptors (Lipinski definition) is 3. The highest BCUT2D eigenvalue weighted by atomic mass is 16.5. The molecule has 4 rings (SSSR count). The molecule has 0 fully saturated rings. The first-order chi connectivity index (χ1) is 10.9. The van der Waals surface area contributed by atoms with Crippen molar-refractivity contribution in [3.05, 3.63) is 47.5 Å². The average molecular weight is 308 g/mol. The number of benzene rings is 1. The van der Waals surface area contributed by atoms with Crippen LogP contribution in [0.5, 0.6) is 0 Å². The molecule has 4 nitrogen and oxygen atoms in total. The number of ether oxygens (including phenoxy) is 1. The lowest BCUT2D eigenvalue weighted by atomic mass is 10.0. The van der Waals surface area contributed by atoms with Gasteiger partial charge in [-0.2, -0.15) is 0 Å². The van der Waals surface area contributed by atoms with Crippen LogP contribution in [-0.4, -0.2) is 14.7 Å². The van der Waals surface area contributed by atoms with Gasteiger partial charge < -0.3 is 14.4 Å². The zero-order valence-corrected chi connectivity index (χ0v) is 13.8. The number of fused-ring (bicyclic) bond motifs is 3. The van der Waals surface area contributed by atoms with Crippen LogP contribution in [0.4, 0.5) is 0 Å². The number of pyridine rings is 1. The summed E-state index contributed by atoms with van der Waals surface area (Å²) in [7, 11) is 0. The SMILES string of the molecule is CC1=Cn2c3ccccc3c3cc(C(C)(C)O)nc(c32)C(C)O1. The Morgan fingerprint density at radius 1 is 1.22 bits per heavy atom. The van der Waals surface area contributed by atoms with Gasteiger partial charge in [0.1, 0.15) is 23.2 Å². The molecule has 0 saturated carbocycles. The van der Waals surface area contributed by atoms with Gasteiger partial charge in [0.15, 0.2) is 0 Å². The van der Waals surface area contributed by atoms with Crippen molar-refractivity contribution in [3.63, 3.8) is 0 Å². The summed E-state index contributed by atoms with van der Waals surface area (Å²) < 4.78 is 8.11. The maximum atomic E-state index is 10.5. The van der Waals surface area contributed by atoms with Gasteiger partial charge in [0.05, 0.1) is 16.7 Å².